The van der Waals surface area contributed by atoms with Crippen molar-refractivity contribution < 1.29 is 0 Å². The van der Waals surface area contributed by atoms with E-state index in [-0.39, 0.29) is 0 Å². The highest BCUT2D eigenvalue weighted by Crippen LogP contribution is 2.31. The predicted octanol–water partition coefficient (Wildman–Crippen LogP) is 14.3. The molecule has 0 aliphatic heterocycles. The minimum Gasteiger partial charge on any atom is -0.332 e. The molecule has 2 nitrogen and oxygen atoms in total. The number of hydrogen-bond donors (Lipinski definition) is 0. The van der Waals surface area contributed by atoms with E-state index in [1.165, 1.54) is 198 Å². The van der Waals surface area contributed by atoms with Gasteiger partial charge >= 0.3 is 0 Å². The van der Waals surface area contributed by atoms with Crippen LogP contribution in [0.15, 0.2) is 12.4 Å². The van der Waals surface area contributed by atoms with Gasteiger partial charge in [-0.15, -0.1) is 0 Å². The zero-order valence-corrected chi connectivity index (χ0v) is 28.9. The van der Waals surface area contributed by atoms with Crippen LogP contribution < -0.4 is 0 Å². The van der Waals surface area contributed by atoms with Crippen molar-refractivity contribution in [2.24, 2.45) is 0 Å². The molecule has 41 heavy (non-hydrogen) atoms. The zero-order chi connectivity index (χ0) is 29.6. The minimum atomic E-state index is 0.589. The first kappa shape index (κ1) is 38.2. The molecule has 0 spiro atoms. The quantitative estimate of drug-likeness (QED) is 0.0785. The Morgan fingerprint density at radius 3 is 1.15 bits per heavy atom. The summed E-state index contributed by atoms with van der Waals surface area (Å²) in [5.74, 6) is 2.07. The predicted molar refractivity (Wildman–Crippen MR) is 185 cm³/mol. The topological polar surface area (TPSA) is 17.8 Å². The van der Waals surface area contributed by atoms with E-state index in [9.17, 15) is 0 Å². The molecule has 0 aliphatic carbocycles. The van der Waals surface area contributed by atoms with Gasteiger partial charge in [-0.2, -0.15) is 0 Å². The molecule has 0 fully saturated rings. The third-order valence-electron chi connectivity index (χ3n) is 9.58. The largest absolute Gasteiger partial charge is 0.332 e. The molecular weight excluding hydrogens is 496 g/mol. The van der Waals surface area contributed by atoms with E-state index in [2.05, 4.69) is 44.7 Å². The minimum absolute atomic E-state index is 0.589. The highest BCUT2D eigenvalue weighted by atomic mass is 15.1. The highest BCUT2D eigenvalue weighted by Gasteiger charge is 2.19. The molecule has 2 atom stereocenters. The summed E-state index contributed by atoms with van der Waals surface area (Å²) in [5, 5.41) is 0. The van der Waals surface area contributed by atoms with Gasteiger partial charge < -0.3 is 4.57 Å². The van der Waals surface area contributed by atoms with Crippen molar-refractivity contribution in [2.75, 3.05) is 0 Å². The van der Waals surface area contributed by atoms with Gasteiger partial charge in [0.05, 0.1) is 0 Å². The van der Waals surface area contributed by atoms with Crippen LogP contribution in [-0.2, 0) is 0 Å². The molecule has 1 aromatic heterocycles. The third kappa shape index (κ3) is 21.5. The lowest BCUT2D eigenvalue weighted by molar-refractivity contribution is 0.412. The number of aromatic nitrogens is 2. The Morgan fingerprint density at radius 2 is 0.780 bits per heavy atom. The maximum absolute atomic E-state index is 5.00. The van der Waals surface area contributed by atoms with Crippen LogP contribution in [0.2, 0.25) is 0 Å². The second kappa shape index (κ2) is 29.3. The Labute approximate surface area is 259 Å². The molecule has 242 valence electrons. The summed E-state index contributed by atoms with van der Waals surface area (Å²) in [6.07, 6.45) is 46.7. The van der Waals surface area contributed by atoms with E-state index in [1.54, 1.807) is 0 Å². The summed E-state index contributed by atoms with van der Waals surface area (Å²) in [6, 6.07) is 0.589. The van der Waals surface area contributed by atoms with Crippen molar-refractivity contribution in [1.82, 2.24) is 9.55 Å². The number of hydrogen-bond acceptors (Lipinski definition) is 1. The van der Waals surface area contributed by atoms with Gasteiger partial charge in [0.2, 0.25) is 0 Å². The highest BCUT2D eigenvalue weighted by molar-refractivity contribution is 5.02. The fraction of sp³-hybridized carbons (Fsp3) is 0.923. The Kier molecular flexibility index (Phi) is 27.3. The molecule has 0 N–H and O–H groups in total. The molecule has 0 amide bonds. The van der Waals surface area contributed by atoms with Crippen molar-refractivity contribution >= 4 is 0 Å². The molecule has 0 saturated heterocycles. The van der Waals surface area contributed by atoms with Gasteiger partial charge in [0.25, 0.3) is 0 Å². The first-order valence-corrected chi connectivity index (χ1v) is 19.3. The van der Waals surface area contributed by atoms with E-state index >= 15 is 0 Å². The first-order chi connectivity index (χ1) is 20.2. The summed E-state index contributed by atoms with van der Waals surface area (Å²) in [7, 11) is 0. The number of rotatable bonds is 32. The van der Waals surface area contributed by atoms with Gasteiger partial charge in [-0.25, -0.2) is 4.98 Å². The lowest BCUT2D eigenvalue weighted by atomic mass is 9.92. The van der Waals surface area contributed by atoms with E-state index in [1.807, 2.05) is 0 Å². The van der Waals surface area contributed by atoms with Crippen molar-refractivity contribution in [3.63, 3.8) is 0 Å². The monoisotopic (exact) mass is 573 g/mol. The molecular formula is C39H76N2. The van der Waals surface area contributed by atoms with Gasteiger partial charge in [-0.3, -0.25) is 0 Å². The molecule has 1 aromatic rings. The molecule has 1 rings (SSSR count). The van der Waals surface area contributed by atoms with Crippen LogP contribution >= 0.6 is 0 Å². The fourth-order valence-electron chi connectivity index (χ4n) is 6.71. The first-order valence-electron chi connectivity index (χ1n) is 19.3. The molecule has 2 unspecified atom stereocenters. The number of imidazole rings is 1. The van der Waals surface area contributed by atoms with Crippen LogP contribution in [0, 0.1) is 0 Å². The fourth-order valence-corrected chi connectivity index (χ4v) is 6.71. The lowest BCUT2D eigenvalue weighted by Gasteiger charge is -2.22. The van der Waals surface area contributed by atoms with Crippen LogP contribution in [0.4, 0.5) is 0 Å². The smallest absolute Gasteiger partial charge is 0.111 e. The van der Waals surface area contributed by atoms with Gasteiger partial charge in [-0.1, -0.05) is 194 Å². The summed E-state index contributed by atoms with van der Waals surface area (Å²) < 4.78 is 2.57. The number of nitrogens with zero attached hydrogens (tertiary/aromatic N) is 2. The van der Waals surface area contributed by atoms with E-state index < -0.39 is 0 Å². The molecule has 0 radical (unpaired) electrons. The Balaban J connectivity index is 2.44. The van der Waals surface area contributed by atoms with Crippen LogP contribution in [0.5, 0.6) is 0 Å². The van der Waals surface area contributed by atoms with E-state index in [0.29, 0.717) is 12.0 Å². The lowest BCUT2D eigenvalue weighted by Crippen LogP contribution is -2.13. The maximum Gasteiger partial charge on any atom is 0.111 e. The average molecular weight is 573 g/mol. The Morgan fingerprint density at radius 1 is 0.463 bits per heavy atom. The van der Waals surface area contributed by atoms with E-state index in [0.717, 1.165) is 0 Å². The third-order valence-corrected chi connectivity index (χ3v) is 9.58. The van der Waals surface area contributed by atoms with Crippen LogP contribution in [0.3, 0.4) is 0 Å². The molecule has 0 aliphatic rings. The maximum atomic E-state index is 5.00. The second-order valence-electron chi connectivity index (χ2n) is 13.6. The normalized spacial score (nSPS) is 13.2. The molecule has 1 heterocycles. The van der Waals surface area contributed by atoms with Gasteiger partial charge in [0.15, 0.2) is 0 Å². The van der Waals surface area contributed by atoms with Crippen molar-refractivity contribution in [1.29, 1.82) is 0 Å². The van der Waals surface area contributed by atoms with Crippen molar-refractivity contribution in [3.8, 4) is 0 Å². The van der Waals surface area contributed by atoms with Crippen LogP contribution in [-0.4, -0.2) is 9.55 Å². The SMILES string of the molecule is CCCCCCCCCCCCCC(CCCCCCCCCCCC)c1nccn1C(C)CCCCCCCC. The zero-order valence-electron chi connectivity index (χ0n) is 28.9. The Bertz CT molecular complexity index is 635. The molecule has 0 bridgehead atoms. The average Bonchev–Trinajstić information content (AvgIpc) is 3.47. The molecule has 0 aromatic carbocycles. The van der Waals surface area contributed by atoms with Crippen molar-refractivity contribution in [3.05, 3.63) is 18.2 Å². The number of unbranched alkanes of at least 4 members (excludes halogenated alkanes) is 24. The summed E-state index contributed by atoms with van der Waals surface area (Å²) >= 11 is 0. The van der Waals surface area contributed by atoms with E-state index in [4.69, 9.17) is 4.98 Å². The van der Waals surface area contributed by atoms with Crippen molar-refractivity contribution in [2.45, 2.75) is 232 Å². The summed E-state index contributed by atoms with van der Waals surface area (Å²) in [4.78, 5) is 5.00. The summed E-state index contributed by atoms with van der Waals surface area (Å²) in [6.45, 7) is 9.38. The van der Waals surface area contributed by atoms with Gasteiger partial charge in [0.1, 0.15) is 5.82 Å². The van der Waals surface area contributed by atoms with Gasteiger partial charge in [0, 0.05) is 24.4 Å². The van der Waals surface area contributed by atoms with Crippen LogP contribution in [0.25, 0.3) is 0 Å². The molecule has 2 heteroatoms. The summed E-state index contributed by atoms with van der Waals surface area (Å²) in [5.41, 5.74) is 0. The van der Waals surface area contributed by atoms with Crippen LogP contribution in [0.1, 0.15) is 238 Å². The second-order valence-corrected chi connectivity index (χ2v) is 13.6. The van der Waals surface area contributed by atoms with Gasteiger partial charge in [-0.05, 0) is 26.2 Å². The standard InChI is InChI=1S/C39H76N2/c1-5-8-11-14-17-19-21-23-25-28-31-34-38(33-30-27-24-22-20-18-15-12-9-6-2)39-40-35-36-41(39)37(4)32-29-26-16-13-10-7-3/h35-38H,5-34H2,1-4H3. The molecule has 0 saturated carbocycles. The Hall–Kier alpha value is -0.790.